The van der Waals surface area contributed by atoms with E-state index >= 15 is 0 Å². The first-order valence-corrected chi connectivity index (χ1v) is 5.52. The van der Waals surface area contributed by atoms with Crippen molar-refractivity contribution in [1.29, 1.82) is 5.26 Å². The molecular formula is C13H17NO2. The van der Waals surface area contributed by atoms with E-state index in [1.165, 1.54) is 0 Å². The predicted octanol–water partition coefficient (Wildman–Crippen LogP) is 2.50. The molecular weight excluding hydrogens is 202 g/mol. The summed E-state index contributed by atoms with van der Waals surface area (Å²) in [5.41, 5.74) is 1.79. The molecule has 1 rings (SSSR count). The van der Waals surface area contributed by atoms with Gasteiger partial charge in [-0.2, -0.15) is 5.26 Å². The van der Waals surface area contributed by atoms with E-state index in [0.29, 0.717) is 25.2 Å². The summed E-state index contributed by atoms with van der Waals surface area (Å²) < 4.78 is 10.9. The molecule has 1 aromatic rings. The maximum Gasteiger partial charge on any atom is 0.161 e. The topological polar surface area (TPSA) is 42.2 Å². The number of hydrogen-bond acceptors (Lipinski definition) is 3. The zero-order valence-electron chi connectivity index (χ0n) is 9.77. The molecule has 0 saturated heterocycles. The van der Waals surface area contributed by atoms with Crippen molar-refractivity contribution in [1.82, 2.24) is 0 Å². The number of rotatable bonds is 6. The smallest absolute Gasteiger partial charge is 0.161 e. The Morgan fingerprint density at radius 1 is 1.12 bits per heavy atom. The van der Waals surface area contributed by atoms with Crippen LogP contribution in [0.1, 0.15) is 25.0 Å². The molecule has 0 amide bonds. The van der Waals surface area contributed by atoms with Crippen LogP contribution in [-0.4, -0.2) is 19.5 Å². The van der Waals surface area contributed by atoms with E-state index in [0.717, 1.165) is 5.56 Å². The highest BCUT2D eigenvalue weighted by atomic mass is 16.7. The lowest BCUT2D eigenvalue weighted by Crippen LogP contribution is -2.20. The fourth-order valence-corrected chi connectivity index (χ4v) is 1.45. The molecule has 0 fully saturated rings. The summed E-state index contributed by atoms with van der Waals surface area (Å²) in [6.45, 7) is 5.18. The van der Waals surface area contributed by atoms with Gasteiger partial charge in [0.25, 0.3) is 0 Å². The van der Waals surface area contributed by atoms with Crippen LogP contribution < -0.4 is 0 Å². The molecule has 0 aliphatic carbocycles. The van der Waals surface area contributed by atoms with E-state index in [2.05, 4.69) is 6.07 Å². The molecule has 0 radical (unpaired) electrons. The molecule has 3 nitrogen and oxygen atoms in total. The van der Waals surface area contributed by atoms with Crippen LogP contribution in [0.4, 0.5) is 0 Å². The highest BCUT2D eigenvalue weighted by Crippen LogP contribution is 2.09. The molecule has 0 aliphatic rings. The highest BCUT2D eigenvalue weighted by Gasteiger charge is 2.08. The van der Waals surface area contributed by atoms with Crippen LogP contribution in [0.2, 0.25) is 0 Å². The van der Waals surface area contributed by atoms with Crippen LogP contribution in [0.25, 0.3) is 0 Å². The Kier molecular flexibility index (Phi) is 5.55. The Balaban J connectivity index is 2.59. The highest BCUT2D eigenvalue weighted by molar-refractivity contribution is 5.31. The van der Waals surface area contributed by atoms with Crippen LogP contribution in [0.3, 0.4) is 0 Å². The quantitative estimate of drug-likeness (QED) is 0.690. The molecule has 0 heterocycles. The molecule has 0 atom stereocenters. The van der Waals surface area contributed by atoms with E-state index < -0.39 is 0 Å². The van der Waals surface area contributed by atoms with Crippen molar-refractivity contribution in [2.75, 3.05) is 13.2 Å². The van der Waals surface area contributed by atoms with Gasteiger partial charge >= 0.3 is 0 Å². The minimum atomic E-state index is -0.192. The van der Waals surface area contributed by atoms with Crippen LogP contribution in [0.5, 0.6) is 0 Å². The summed E-state index contributed by atoms with van der Waals surface area (Å²) in [4.78, 5) is 0. The summed E-state index contributed by atoms with van der Waals surface area (Å²) in [5, 5.41) is 8.68. The monoisotopic (exact) mass is 219 g/mol. The molecule has 1 aromatic carbocycles. The van der Waals surface area contributed by atoms with Gasteiger partial charge in [-0.3, -0.25) is 0 Å². The fraction of sp³-hybridized carbons (Fsp3) is 0.462. The maximum atomic E-state index is 8.68. The van der Waals surface area contributed by atoms with Gasteiger partial charge in [-0.25, -0.2) is 0 Å². The van der Waals surface area contributed by atoms with Gasteiger partial charge in [-0.1, -0.05) is 12.1 Å². The lowest BCUT2D eigenvalue weighted by atomic mass is 10.1. The first kappa shape index (κ1) is 12.7. The Morgan fingerprint density at radius 3 is 2.12 bits per heavy atom. The van der Waals surface area contributed by atoms with Gasteiger partial charge in [0.15, 0.2) is 6.29 Å². The van der Waals surface area contributed by atoms with Crippen molar-refractivity contribution in [2.45, 2.75) is 26.6 Å². The Morgan fingerprint density at radius 2 is 1.69 bits per heavy atom. The average molecular weight is 219 g/mol. The third-order valence-corrected chi connectivity index (χ3v) is 2.19. The lowest BCUT2D eigenvalue weighted by Gasteiger charge is -2.16. The van der Waals surface area contributed by atoms with Gasteiger partial charge in [-0.15, -0.1) is 0 Å². The summed E-state index contributed by atoms with van der Waals surface area (Å²) in [6, 6.07) is 9.58. The van der Waals surface area contributed by atoms with E-state index in [-0.39, 0.29) is 6.29 Å². The third-order valence-electron chi connectivity index (χ3n) is 2.19. The van der Waals surface area contributed by atoms with Gasteiger partial charge in [0.1, 0.15) is 0 Å². The first-order valence-electron chi connectivity index (χ1n) is 5.52. The summed E-state index contributed by atoms with van der Waals surface area (Å²) in [5.74, 6) is 0. The van der Waals surface area contributed by atoms with Crippen molar-refractivity contribution in [2.24, 2.45) is 0 Å². The SMILES string of the molecule is CCOC(Cc1ccc(C#N)cc1)OCC. The fourth-order valence-electron chi connectivity index (χ4n) is 1.45. The van der Waals surface area contributed by atoms with E-state index in [4.69, 9.17) is 14.7 Å². The van der Waals surface area contributed by atoms with Crippen LogP contribution in [0, 0.1) is 11.3 Å². The molecule has 0 spiro atoms. The standard InChI is InChI=1S/C13H17NO2/c1-3-15-13(16-4-2)9-11-5-7-12(10-14)8-6-11/h5-8,13H,3-4,9H2,1-2H3. The molecule has 3 heteroatoms. The van der Waals surface area contributed by atoms with Crippen LogP contribution >= 0.6 is 0 Å². The number of nitriles is 1. The van der Waals surface area contributed by atoms with Gasteiger partial charge < -0.3 is 9.47 Å². The van der Waals surface area contributed by atoms with Gasteiger partial charge in [0, 0.05) is 19.6 Å². The molecule has 0 unspecified atom stereocenters. The predicted molar refractivity (Wildman–Crippen MR) is 61.9 cm³/mol. The van der Waals surface area contributed by atoms with Crippen molar-refractivity contribution >= 4 is 0 Å². The lowest BCUT2D eigenvalue weighted by molar-refractivity contribution is -0.134. The zero-order chi connectivity index (χ0) is 11.8. The second-order valence-corrected chi connectivity index (χ2v) is 3.35. The molecule has 16 heavy (non-hydrogen) atoms. The second kappa shape index (κ2) is 7.00. The van der Waals surface area contributed by atoms with Gasteiger partial charge in [-0.05, 0) is 31.5 Å². The minimum Gasteiger partial charge on any atom is -0.353 e. The Hall–Kier alpha value is -1.37. The van der Waals surface area contributed by atoms with Crippen LogP contribution in [0.15, 0.2) is 24.3 Å². The average Bonchev–Trinajstić information content (AvgIpc) is 2.31. The first-order chi connectivity index (χ1) is 7.80. The third kappa shape index (κ3) is 4.01. The van der Waals surface area contributed by atoms with E-state index in [9.17, 15) is 0 Å². The Labute approximate surface area is 96.6 Å². The number of ether oxygens (including phenoxy) is 2. The van der Waals surface area contributed by atoms with Crippen LogP contribution in [-0.2, 0) is 15.9 Å². The molecule has 0 aliphatic heterocycles. The zero-order valence-corrected chi connectivity index (χ0v) is 9.77. The van der Waals surface area contributed by atoms with E-state index in [1.807, 2.05) is 38.1 Å². The Bertz CT molecular complexity index is 334. The van der Waals surface area contributed by atoms with Crippen molar-refractivity contribution in [3.8, 4) is 6.07 Å². The summed E-state index contributed by atoms with van der Waals surface area (Å²) >= 11 is 0. The van der Waals surface area contributed by atoms with E-state index in [1.54, 1.807) is 0 Å². The number of benzene rings is 1. The second-order valence-electron chi connectivity index (χ2n) is 3.35. The van der Waals surface area contributed by atoms with Crippen molar-refractivity contribution in [3.63, 3.8) is 0 Å². The minimum absolute atomic E-state index is 0.192. The summed E-state index contributed by atoms with van der Waals surface area (Å²) in [7, 11) is 0. The number of nitrogens with zero attached hydrogens (tertiary/aromatic N) is 1. The molecule has 0 N–H and O–H groups in total. The summed E-state index contributed by atoms with van der Waals surface area (Å²) in [6.07, 6.45) is 0.524. The largest absolute Gasteiger partial charge is 0.353 e. The normalized spacial score (nSPS) is 10.4. The van der Waals surface area contributed by atoms with Gasteiger partial charge in [0.2, 0.25) is 0 Å². The van der Waals surface area contributed by atoms with Gasteiger partial charge in [0.05, 0.1) is 11.6 Å². The number of hydrogen-bond donors (Lipinski definition) is 0. The van der Waals surface area contributed by atoms with Crippen molar-refractivity contribution in [3.05, 3.63) is 35.4 Å². The molecule has 0 saturated carbocycles. The molecule has 86 valence electrons. The van der Waals surface area contributed by atoms with Crippen molar-refractivity contribution < 1.29 is 9.47 Å². The maximum absolute atomic E-state index is 8.68. The molecule has 0 aromatic heterocycles. The molecule has 0 bridgehead atoms.